The first-order chi connectivity index (χ1) is 11.1. The largest absolute Gasteiger partial charge is 0.495 e. The molecule has 23 heavy (non-hydrogen) atoms. The lowest BCUT2D eigenvalue weighted by molar-refractivity contribution is 0.199. The molecule has 0 aliphatic carbocycles. The predicted molar refractivity (Wildman–Crippen MR) is 83.7 cm³/mol. The molecule has 124 valence electrons. The average molecular weight is 341 g/mol. The lowest BCUT2D eigenvalue weighted by Gasteiger charge is -2.10. The Morgan fingerprint density at radius 3 is 2.96 bits per heavy atom. The molecule has 1 heterocycles. The molecule has 2 rings (SSSR count). The normalized spacial score (nSPS) is 10.4. The minimum Gasteiger partial charge on any atom is -0.495 e. The van der Waals surface area contributed by atoms with E-state index in [1.807, 2.05) is 0 Å². The number of amides is 2. The van der Waals surface area contributed by atoms with Gasteiger partial charge >= 0.3 is 6.03 Å². The third-order valence-corrected chi connectivity index (χ3v) is 3.08. The molecule has 1 aromatic heterocycles. The van der Waals surface area contributed by atoms with Gasteiger partial charge in [0.2, 0.25) is 5.89 Å². The summed E-state index contributed by atoms with van der Waals surface area (Å²) in [4.78, 5) is 16.0. The molecular formula is C14H17ClN4O4. The second-order valence-corrected chi connectivity index (χ2v) is 4.94. The lowest BCUT2D eigenvalue weighted by atomic mass is 10.3. The van der Waals surface area contributed by atoms with E-state index in [0.717, 1.165) is 0 Å². The molecule has 0 aliphatic rings. The maximum Gasteiger partial charge on any atom is 0.319 e. The van der Waals surface area contributed by atoms with E-state index in [9.17, 15) is 4.79 Å². The molecule has 0 unspecified atom stereocenters. The Hall–Kier alpha value is -2.32. The van der Waals surface area contributed by atoms with Gasteiger partial charge in [0.25, 0.3) is 0 Å². The third kappa shape index (κ3) is 5.11. The van der Waals surface area contributed by atoms with Crippen molar-refractivity contribution in [3.8, 4) is 5.75 Å². The monoisotopic (exact) mass is 340 g/mol. The number of halogens is 1. The van der Waals surface area contributed by atoms with Gasteiger partial charge in [-0.3, -0.25) is 0 Å². The van der Waals surface area contributed by atoms with Gasteiger partial charge in [0.1, 0.15) is 5.75 Å². The van der Waals surface area contributed by atoms with Crippen LogP contribution in [-0.2, 0) is 17.7 Å². The molecule has 2 amide bonds. The summed E-state index contributed by atoms with van der Waals surface area (Å²) in [6, 6.07) is 4.49. The number of urea groups is 1. The van der Waals surface area contributed by atoms with Crippen molar-refractivity contribution in [3.63, 3.8) is 0 Å². The number of benzene rings is 1. The Kier molecular flexibility index (Phi) is 6.19. The first kappa shape index (κ1) is 17.0. The van der Waals surface area contributed by atoms with E-state index in [-0.39, 0.29) is 6.54 Å². The Bertz CT molecular complexity index is 662. The van der Waals surface area contributed by atoms with Crippen LogP contribution in [0.4, 0.5) is 10.5 Å². The molecule has 0 saturated heterocycles. The number of hydrogen-bond acceptors (Lipinski definition) is 6. The van der Waals surface area contributed by atoms with Crippen LogP contribution in [0.5, 0.6) is 5.75 Å². The zero-order valence-corrected chi connectivity index (χ0v) is 13.5. The zero-order chi connectivity index (χ0) is 16.7. The number of nitrogens with one attached hydrogen (secondary N) is 2. The SMILES string of the molecule is COCCc1noc(CNC(=O)Nc2cc(Cl)ccc2OC)n1. The summed E-state index contributed by atoms with van der Waals surface area (Å²) in [5.74, 6) is 1.34. The first-order valence-corrected chi connectivity index (χ1v) is 7.19. The van der Waals surface area contributed by atoms with Crippen LogP contribution in [0, 0.1) is 0 Å². The summed E-state index contributed by atoms with van der Waals surface area (Å²) in [5.41, 5.74) is 0.462. The maximum atomic E-state index is 11.9. The maximum absolute atomic E-state index is 11.9. The van der Waals surface area contributed by atoms with Gasteiger partial charge < -0.3 is 24.6 Å². The summed E-state index contributed by atoms with van der Waals surface area (Å²) in [7, 11) is 3.10. The van der Waals surface area contributed by atoms with Crippen molar-refractivity contribution in [1.82, 2.24) is 15.5 Å². The zero-order valence-electron chi connectivity index (χ0n) is 12.8. The van der Waals surface area contributed by atoms with Crippen molar-refractivity contribution >= 4 is 23.3 Å². The van der Waals surface area contributed by atoms with Crippen LogP contribution in [0.3, 0.4) is 0 Å². The van der Waals surface area contributed by atoms with Gasteiger partial charge in [-0.2, -0.15) is 4.98 Å². The first-order valence-electron chi connectivity index (χ1n) is 6.81. The minimum absolute atomic E-state index is 0.106. The predicted octanol–water partition coefficient (Wildman–Crippen LogP) is 2.24. The fourth-order valence-corrected chi connectivity index (χ4v) is 1.93. The number of nitrogens with zero attached hydrogens (tertiary/aromatic N) is 2. The van der Waals surface area contributed by atoms with Gasteiger partial charge in [0.05, 0.1) is 25.9 Å². The van der Waals surface area contributed by atoms with Crippen LogP contribution in [0.15, 0.2) is 22.7 Å². The number of hydrogen-bond donors (Lipinski definition) is 2. The molecule has 2 aromatic rings. The van der Waals surface area contributed by atoms with E-state index >= 15 is 0 Å². The van der Waals surface area contributed by atoms with Gasteiger partial charge in [-0.1, -0.05) is 16.8 Å². The topological polar surface area (TPSA) is 98.5 Å². The van der Waals surface area contributed by atoms with Crippen LogP contribution in [-0.4, -0.2) is 37.0 Å². The molecule has 0 spiro atoms. The van der Waals surface area contributed by atoms with Crippen molar-refractivity contribution in [2.24, 2.45) is 0 Å². The molecule has 0 saturated carbocycles. The highest BCUT2D eigenvalue weighted by Crippen LogP contribution is 2.27. The van der Waals surface area contributed by atoms with Crippen molar-refractivity contribution in [3.05, 3.63) is 34.9 Å². The van der Waals surface area contributed by atoms with E-state index < -0.39 is 6.03 Å². The number of rotatable bonds is 7. The Morgan fingerprint density at radius 2 is 2.22 bits per heavy atom. The number of carbonyl (C=O) groups excluding carboxylic acids is 1. The van der Waals surface area contributed by atoms with E-state index in [1.54, 1.807) is 25.3 Å². The molecule has 8 nitrogen and oxygen atoms in total. The van der Waals surface area contributed by atoms with Gasteiger partial charge in [-0.15, -0.1) is 0 Å². The Morgan fingerprint density at radius 1 is 1.39 bits per heavy atom. The molecular weight excluding hydrogens is 324 g/mol. The second kappa shape index (κ2) is 8.35. The van der Waals surface area contributed by atoms with Crippen LogP contribution in [0.2, 0.25) is 5.02 Å². The molecule has 1 aromatic carbocycles. The lowest BCUT2D eigenvalue weighted by Crippen LogP contribution is -2.28. The standard InChI is InChI=1S/C14H17ClN4O4/c1-21-6-5-12-18-13(23-19-12)8-16-14(20)17-10-7-9(15)3-4-11(10)22-2/h3-4,7H,5-6,8H2,1-2H3,(H2,16,17,20). The molecule has 9 heteroatoms. The van der Waals surface area contributed by atoms with Crippen LogP contribution < -0.4 is 15.4 Å². The Balaban J connectivity index is 1.88. The fraction of sp³-hybridized carbons (Fsp3) is 0.357. The van der Waals surface area contributed by atoms with Crippen molar-refractivity contribution in [2.45, 2.75) is 13.0 Å². The summed E-state index contributed by atoms with van der Waals surface area (Å²) >= 11 is 5.90. The highest BCUT2D eigenvalue weighted by Gasteiger charge is 2.10. The van der Waals surface area contributed by atoms with E-state index in [1.165, 1.54) is 7.11 Å². The number of ether oxygens (including phenoxy) is 2. The summed E-state index contributed by atoms with van der Waals surface area (Å²) < 4.78 is 15.1. The van der Waals surface area contributed by atoms with Crippen molar-refractivity contribution < 1.29 is 18.8 Å². The van der Waals surface area contributed by atoms with Crippen LogP contribution >= 0.6 is 11.6 Å². The summed E-state index contributed by atoms with van der Waals surface area (Å²) in [6.45, 7) is 0.607. The third-order valence-electron chi connectivity index (χ3n) is 2.85. The molecule has 0 fully saturated rings. The smallest absolute Gasteiger partial charge is 0.319 e. The molecule has 0 bridgehead atoms. The number of aromatic nitrogens is 2. The highest BCUT2D eigenvalue weighted by molar-refractivity contribution is 6.31. The number of carbonyl (C=O) groups is 1. The molecule has 0 atom stereocenters. The van der Waals surface area contributed by atoms with E-state index in [2.05, 4.69) is 20.8 Å². The second-order valence-electron chi connectivity index (χ2n) is 4.50. The number of anilines is 1. The quantitative estimate of drug-likeness (QED) is 0.802. The van der Waals surface area contributed by atoms with E-state index in [0.29, 0.717) is 41.2 Å². The van der Waals surface area contributed by atoms with Crippen LogP contribution in [0.25, 0.3) is 0 Å². The summed E-state index contributed by atoms with van der Waals surface area (Å²) in [5, 5.41) is 9.52. The average Bonchev–Trinajstić information content (AvgIpc) is 2.99. The van der Waals surface area contributed by atoms with Gasteiger partial charge in [0.15, 0.2) is 5.82 Å². The molecule has 0 radical (unpaired) electrons. The fourth-order valence-electron chi connectivity index (χ4n) is 1.76. The highest BCUT2D eigenvalue weighted by atomic mass is 35.5. The van der Waals surface area contributed by atoms with Gasteiger partial charge in [-0.05, 0) is 18.2 Å². The number of methoxy groups -OCH3 is 2. The van der Waals surface area contributed by atoms with Crippen LogP contribution in [0.1, 0.15) is 11.7 Å². The minimum atomic E-state index is -0.442. The summed E-state index contributed by atoms with van der Waals surface area (Å²) in [6.07, 6.45) is 0.548. The van der Waals surface area contributed by atoms with Crippen molar-refractivity contribution in [1.29, 1.82) is 0 Å². The Labute approximate surface area is 138 Å². The van der Waals surface area contributed by atoms with Gasteiger partial charge in [0, 0.05) is 18.6 Å². The van der Waals surface area contributed by atoms with Crippen molar-refractivity contribution in [2.75, 3.05) is 26.1 Å². The van der Waals surface area contributed by atoms with E-state index in [4.69, 9.17) is 25.6 Å². The molecule has 2 N–H and O–H groups in total. The molecule has 0 aliphatic heterocycles. The van der Waals surface area contributed by atoms with Gasteiger partial charge in [-0.25, -0.2) is 4.79 Å².